The standard InChI is InChI=1S/C23H27N3O3/c1-25(2)22(28)23(16-26(12-13-29-23)21(27)19-9-10-19)14-17-5-7-18(8-6-17)20-4-3-11-24-15-20/h3-8,11,15,19H,9-10,12-14,16H2,1-2H3/t23-/m0/s1. The highest BCUT2D eigenvalue weighted by atomic mass is 16.5. The lowest BCUT2D eigenvalue weighted by Gasteiger charge is -2.43. The third-order valence-corrected chi connectivity index (χ3v) is 5.66. The molecule has 0 unspecified atom stereocenters. The summed E-state index contributed by atoms with van der Waals surface area (Å²) in [6.45, 7) is 1.24. The molecule has 1 aliphatic heterocycles. The molecule has 6 nitrogen and oxygen atoms in total. The Morgan fingerprint density at radius 3 is 2.55 bits per heavy atom. The van der Waals surface area contributed by atoms with Crippen LogP contribution in [0.25, 0.3) is 11.1 Å². The zero-order chi connectivity index (χ0) is 20.4. The maximum absolute atomic E-state index is 13.1. The Kier molecular flexibility index (Phi) is 5.37. The Hall–Kier alpha value is -2.73. The summed E-state index contributed by atoms with van der Waals surface area (Å²) < 4.78 is 6.09. The molecule has 1 atom stereocenters. The van der Waals surface area contributed by atoms with Gasteiger partial charge in [-0.3, -0.25) is 14.6 Å². The summed E-state index contributed by atoms with van der Waals surface area (Å²) in [4.78, 5) is 33.3. The summed E-state index contributed by atoms with van der Waals surface area (Å²) in [5, 5.41) is 0. The van der Waals surface area contributed by atoms with Gasteiger partial charge in [-0.15, -0.1) is 0 Å². The van der Waals surface area contributed by atoms with Crippen molar-refractivity contribution in [2.45, 2.75) is 24.9 Å². The fraction of sp³-hybridized carbons (Fsp3) is 0.435. The molecule has 1 aromatic carbocycles. The molecule has 0 radical (unpaired) electrons. The van der Waals surface area contributed by atoms with Crippen molar-refractivity contribution < 1.29 is 14.3 Å². The van der Waals surface area contributed by atoms with Gasteiger partial charge >= 0.3 is 0 Å². The lowest BCUT2D eigenvalue weighted by Crippen LogP contribution is -2.62. The van der Waals surface area contributed by atoms with Crippen molar-refractivity contribution in [2.24, 2.45) is 5.92 Å². The summed E-state index contributed by atoms with van der Waals surface area (Å²) >= 11 is 0. The van der Waals surface area contributed by atoms with E-state index in [0.717, 1.165) is 29.5 Å². The van der Waals surface area contributed by atoms with E-state index in [1.807, 2.05) is 47.5 Å². The molecule has 152 valence electrons. The minimum atomic E-state index is -1.04. The molecule has 0 spiro atoms. The molecule has 2 aliphatic rings. The van der Waals surface area contributed by atoms with Gasteiger partial charge in [-0.25, -0.2) is 0 Å². The maximum Gasteiger partial charge on any atom is 0.256 e. The molecule has 2 amide bonds. The second-order valence-electron chi connectivity index (χ2n) is 8.19. The van der Waals surface area contributed by atoms with E-state index in [0.29, 0.717) is 26.1 Å². The lowest BCUT2D eigenvalue weighted by atomic mass is 9.90. The average molecular weight is 393 g/mol. The summed E-state index contributed by atoms with van der Waals surface area (Å²) in [6.07, 6.45) is 5.94. The van der Waals surface area contributed by atoms with Gasteiger partial charge in [0.2, 0.25) is 5.91 Å². The number of carbonyl (C=O) groups is 2. The number of benzene rings is 1. The smallest absolute Gasteiger partial charge is 0.256 e. The van der Waals surface area contributed by atoms with Crippen molar-refractivity contribution in [3.8, 4) is 11.1 Å². The summed E-state index contributed by atoms with van der Waals surface area (Å²) in [6, 6.07) is 12.1. The monoisotopic (exact) mass is 393 g/mol. The Bertz CT molecular complexity index is 878. The normalized spacial score (nSPS) is 21.7. The second kappa shape index (κ2) is 7.95. The van der Waals surface area contributed by atoms with Gasteiger partial charge in [0.1, 0.15) is 0 Å². The summed E-state index contributed by atoms with van der Waals surface area (Å²) in [5.74, 6) is 0.206. The minimum Gasteiger partial charge on any atom is -0.361 e. The number of hydrogen-bond donors (Lipinski definition) is 0. The molecule has 4 rings (SSSR count). The van der Waals surface area contributed by atoms with Crippen LogP contribution in [0.15, 0.2) is 48.8 Å². The first-order valence-corrected chi connectivity index (χ1v) is 10.1. The Morgan fingerprint density at radius 1 is 1.17 bits per heavy atom. The van der Waals surface area contributed by atoms with Crippen LogP contribution >= 0.6 is 0 Å². The SMILES string of the molecule is CN(C)C(=O)[C@]1(Cc2ccc(-c3cccnc3)cc2)CN(C(=O)C2CC2)CCO1. The molecule has 1 aromatic heterocycles. The van der Waals surface area contributed by atoms with Crippen molar-refractivity contribution in [1.82, 2.24) is 14.8 Å². The fourth-order valence-corrected chi connectivity index (χ4v) is 3.96. The Labute approximate surface area is 171 Å². The van der Waals surface area contributed by atoms with Gasteiger partial charge in [0, 0.05) is 45.4 Å². The van der Waals surface area contributed by atoms with Crippen molar-refractivity contribution in [1.29, 1.82) is 0 Å². The van der Waals surface area contributed by atoms with Crippen LogP contribution in [-0.2, 0) is 20.7 Å². The third-order valence-electron chi connectivity index (χ3n) is 5.66. The van der Waals surface area contributed by atoms with E-state index in [1.54, 1.807) is 25.2 Å². The molecule has 2 aromatic rings. The highest BCUT2D eigenvalue weighted by Crippen LogP contribution is 2.34. The first kappa shape index (κ1) is 19.6. The van der Waals surface area contributed by atoms with Crippen molar-refractivity contribution >= 4 is 11.8 Å². The average Bonchev–Trinajstić information content (AvgIpc) is 3.59. The highest BCUT2D eigenvalue weighted by molar-refractivity contribution is 5.88. The van der Waals surface area contributed by atoms with Gasteiger partial charge in [0.25, 0.3) is 5.91 Å². The number of morpholine rings is 1. The maximum atomic E-state index is 13.1. The Morgan fingerprint density at radius 2 is 1.93 bits per heavy atom. The molecule has 1 saturated carbocycles. The number of likely N-dealkylation sites (N-methyl/N-ethyl adjacent to an activating group) is 1. The van der Waals surface area contributed by atoms with E-state index in [1.165, 1.54) is 0 Å². The minimum absolute atomic E-state index is 0.0952. The van der Waals surface area contributed by atoms with Crippen molar-refractivity contribution in [3.63, 3.8) is 0 Å². The highest BCUT2D eigenvalue weighted by Gasteiger charge is 2.47. The number of rotatable bonds is 5. The summed E-state index contributed by atoms with van der Waals surface area (Å²) in [5.41, 5.74) is 2.09. The topological polar surface area (TPSA) is 62.7 Å². The van der Waals surface area contributed by atoms with E-state index in [4.69, 9.17) is 4.74 Å². The van der Waals surface area contributed by atoms with Crippen LogP contribution < -0.4 is 0 Å². The van der Waals surface area contributed by atoms with Crippen LogP contribution in [0.2, 0.25) is 0 Å². The molecule has 1 aliphatic carbocycles. The second-order valence-corrected chi connectivity index (χ2v) is 8.19. The van der Waals surface area contributed by atoms with Crippen LogP contribution in [-0.4, -0.2) is 66.0 Å². The van der Waals surface area contributed by atoms with E-state index < -0.39 is 5.60 Å². The van der Waals surface area contributed by atoms with Gasteiger partial charge in [0.15, 0.2) is 5.60 Å². The quantitative estimate of drug-likeness (QED) is 0.783. The number of pyridine rings is 1. The molecule has 0 N–H and O–H groups in total. The van der Waals surface area contributed by atoms with E-state index in [9.17, 15) is 9.59 Å². The molecular formula is C23H27N3O3. The molecule has 6 heteroatoms. The van der Waals surface area contributed by atoms with E-state index >= 15 is 0 Å². The summed E-state index contributed by atoms with van der Waals surface area (Å²) in [7, 11) is 3.47. The third kappa shape index (κ3) is 4.17. The van der Waals surface area contributed by atoms with Gasteiger partial charge in [-0.05, 0) is 35.6 Å². The molecule has 1 saturated heterocycles. The number of carbonyl (C=O) groups excluding carboxylic acids is 2. The molecule has 2 heterocycles. The van der Waals surface area contributed by atoms with Crippen molar-refractivity contribution in [3.05, 3.63) is 54.4 Å². The number of nitrogens with zero attached hydrogens (tertiary/aromatic N) is 3. The van der Waals surface area contributed by atoms with Crippen LogP contribution in [0.3, 0.4) is 0 Å². The zero-order valence-electron chi connectivity index (χ0n) is 17.0. The predicted molar refractivity (Wildman–Crippen MR) is 110 cm³/mol. The van der Waals surface area contributed by atoms with E-state index in [-0.39, 0.29) is 17.7 Å². The Balaban J connectivity index is 1.57. The van der Waals surface area contributed by atoms with Crippen LogP contribution in [0.5, 0.6) is 0 Å². The van der Waals surface area contributed by atoms with Crippen molar-refractivity contribution in [2.75, 3.05) is 33.8 Å². The molecular weight excluding hydrogens is 366 g/mol. The van der Waals surface area contributed by atoms with Crippen LogP contribution in [0.1, 0.15) is 18.4 Å². The first-order valence-electron chi connectivity index (χ1n) is 10.1. The molecule has 2 fully saturated rings. The van der Waals surface area contributed by atoms with Crippen LogP contribution in [0.4, 0.5) is 0 Å². The number of ether oxygens (including phenoxy) is 1. The van der Waals surface area contributed by atoms with Gasteiger partial charge in [-0.2, -0.15) is 0 Å². The molecule has 0 bridgehead atoms. The van der Waals surface area contributed by atoms with Gasteiger partial charge in [0.05, 0.1) is 13.2 Å². The van der Waals surface area contributed by atoms with Crippen LogP contribution in [0, 0.1) is 5.92 Å². The first-order chi connectivity index (χ1) is 14.0. The lowest BCUT2D eigenvalue weighted by molar-refractivity contribution is -0.173. The molecule has 29 heavy (non-hydrogen) atoms. The number of aromatic nitrogens is 1. The number of amides is 2. The van der Waals surface area contributed by atoms with Gasteiger partial charge in [-0.1, -0.05) is 30.3 Å². The largest absolute Gasteiger partial charge is 0.361 e. The predicted octanol–water partition coefficient (Wildman–Crippen LogP) is 2.39. The van der Waals surface area contributed by atoms with Gasteiger partial charge < -0.3 is 14.5 Å². The fourth-order valence-electron chi connectivity index (χ4n) is 3.96. The van der Waals surface area contributed by atoms with E-state index in [2.05, 4.69) is 4.98 Å². The zero-order valence-corrected chi connectivity index (χ0v) is 17.0. The number of hydrogen-bond acceptors (Lipinski definition) is 4.